The van der Waals surface area contributed by atoms with E-state index in [9.17, 15) is 4.79 Å². The van der Waals surface area contributed by atoms with Crippen LogP contribution in [-0.2, 0) is 4.74 Å². The summed E-state index contributed by atoms with van der Waals surface area (Å²) < 4.78 is 5.66. The topological polar surface area (TPSA) is 66.8 Å². The zero-order chi connectivity index (χ0) is 11.9. The molecule has 0 saturated heterocycles. The van der Waals surface area contributed by atoms with Crippen molar-refractivity contribution >= 4 is 17.1 Å². The molecule has 0 amide bonds. The number of ether oxygens (including phenoxy) is 1. The van der Waals surface area contributed by atoms with E-state index in [2.05, 4.69) is 0 Å². The summed E-state index contributed by atoms with van der Waals surface area (Å²) in [5.41, 5.74) is 0. The summed E-state index contributed by atoms with van der Waals surface area (Å²) in [5.74, 6) is 0.166. The molecule has 2 N–H and O–H groups in total. The molecule has 1 atom stereocenters. The molecule has 90 valence electrons. The third-order valence-electron chi connectivity index (χ3n) is 1.59. The van der Waals surface area contributed by atoms with Gasteiger partial charge in [-0.15, -0.1) is 0 Å². The summed E-state index contributed by atoms with van der Waals surface area (Å²) in [6, 6.07) is 0. The number of aliphatic hydroxyl groups excluding tert-OH is 2. The number of likely N-dealkylation sites (N-methyl/N-ethyl adjacent to an activating group) is 1. The van der Waals surface area contributed by atoms with Gasteiger partial charge in [0, 0.05) is 5.75 Å². The minimum Gasteiger partial charge on any atom is -0.452 e. The van der Waals surface area contributed by atoms with E-state index in [1.807, 2.05) is 21.1 Å². The molecule has 6 heteroatoms. The molecule has 15 heavy (non-hydrogen) atoms. The van der Waals surface area contributed by atoms with Gasteiger partial charge in [-0.1, -0.05) is 0 Å². The van der Waals surface area contributed by atoms with Crippen molar-refractivity contribution in [3.63, 3.8) is 0 Å². The zero-order valence-electron chi connectivity index (χ0n) is 9.47. The number of quaternary nitrogens is 1. The Balaban J connectivity index is 3.50. The predicted molar refractivity (Wildman–Crippen MR) is 59.8 cm³/mol. The highest BCUT2D eigenvalue weighted by Crippen LogP contribution is 2.07. The van der Waals surface area contributed by atoms with Crippen LogP contribution in [0.5, 0.6) is 0 Å². The summed E-state index contributed by atoms with van der Waals surface area (Å²) in [6.45, 7) is 0.776. The lowest BCUT2D eigenvalue weighted by Crippen LogP contribution is -2.37. The average molecular weight is 238 g/mol. The normalized spacial score (nSPS) is 13.7. The second-order valence-electron chi connectivity index (χ2n) is 4.26. The number of hydrogen-bond acceptors (Lipinski definition) is 5. The molecule has 0 aromatic heterocycles. The monoisotopic (exact) mass is 238 g/mol. The first-order valence-corrected chi connectivity index (χ1v) is 5.72. The lowest BCUT2D eigenvalue weighted by atomic mass is 10.4. The largest absolute Gasteiger partial charge is 0.452 e. The van der Waals surface area contributed by atoms with Crippen molar-refractivity contribution in [2.24, 2.45) is 0 Å². The smallest absolute Gasteiger partial charge is 0.367 e. The van der Waals surface area contributed by atoms with Crippen LogP contribution in [0.2, 0.25) is 0 Å². The van der Waals surface area contributed by atoms with Crippen LogP contribution in [0, 0.1) is 0 Å². The molecule has 0 saturated carbocycles. The molecule has 0 aromatic carbocycles. The molecule has 0 aliphatic heterocycles. The molecule has 0 aliphatic rings. The highest BCUT2D eigenvalue weighted by Gasteiger charge is 2.11. The Bertz CT molecular complexity index is 193. The van der Waals surface area contributed by atoms with Gasteiger partial charge in [-0.2, -0.15) is 0 Å². The first kappa shape index (κ1) is 14.7. The second kappa shape index (κ2) is 7.05. The fourth-order valence-corrected chi connectivity index (χ4v) is 1.26. The van der Waals surface area contributed by atoms with Gasteiger partial charge in [0.2, 0.25) is 0 Å². The zero-order valence-corrected chi connectivity index (χ0v) is 10.3. The quantitative estimate of drug-likeness (QED) is 0.500. The van der Waals surface area contributed by atoms with E-state index in [4.69, 9.17) is 14.9 Å². The lowest BCUT2D eigenvalue weighted by Gasteiger charge is -2.23. The number of rotatable bonds is 6. The van der Waals surface area contributed by atoms with Crippen LogP contribution < -0.4 is 0 Å². The van der Waals surface area contributed by atoms with E-state index in [0.29, 0.717) is 6.61 Å². The maximum absolute atomic E-state index is 11.1. The molecular formula is C9H20NO4S+. The lowest BCUT2D eigenvalue weighted by molar-refractivity contribution is -0.870. The summed E-state index contributed by atoms with van der Waals surface area (Å²) in [6.07, 6.45) is -0.860. The van der Waals surface area contributed by atoms with Crippen molar-refractivity contribution in [2.75, 3.05) is 46.7 Å². The van der Waals surface area contributed by atoms with Gasteiger partial charge in [0.1, 0.15) is 13.2 Å². The van der Waals surface area contributed by atoms with E-state index in [1.54, 1.807) is 0 Å². The number of hydrogen-bond donors (Lipinski definition) is 2. The molecule has 0 radical (unpaired) electrons. The Morgan fingerprint density at radius 1 is 1.47 bits per heavy atom. The molecule has 0 aliphatic carbocycles. The van der Waals surface area contributed by atoms with Crippen LogP contribution in [0.25, 0.3) is 0 Å². The minimum atomic E-state index is -0.860. The van der Waals surface area contributed by atoms with Gasteiger partial charge in [0.25, 0.3) is 0 Å². The van der Waals surface area contributed by atoms with Crippen LogP contribution in [0.15, 0.2) is 0 Å². The molecule has 1 unspecified atom stereocenters. The third-order valence-corrected chi connectivity index (χ3v) is 2.49. The Labute approximate surface area is 94.6 Å². The van der Waals surface area contributed by atoms with Gasteiger partial charge < -0.3 is 19.4 Å². The van der Waals surface area contributed by atoms with E-state index in [-0.39, 0.29) is 12.4 Å². The number of nitrogens with zero attached hydrogens (tertiary/aromatic N) is 1. The molecular weight excluding hydrogens is 218 g/mol. The van der Waals surface area contributed by atoms with Gasteiger partial charge in [-0.25, -0.2) is 4.79 Å². The van der Waals surface area contributed by atoms with E-state index in [0.717, 1.165) is 22.8 Å². The summed E-state index contributed by atoms with van der Waals surface area (Å²) in [7, 11) is 6.03. The summed E-state index contributed by atoms with van der Waals surface area (Å²) >= 11 is 0.882. The van der Waals surface area contributed by atoms with Crippen LogP contribution >= 0.6 is 11.8 Å². The average Bonchev–Trinajstić information content (AvgIpc) is 2.12. The third kappa shape index (κ3) is 9.99. The Kier molecular flexibility index (Phi) is 6.91. The van der Waals surface area contributed by atoms with Crippen molar-refractivity contribution in [3.8, 4) is 0 Å². The van der Waals surface area contributed by atoms with Crippen LogP contribution in [0.1, 0.15) is 0 Å². The van der Waals surface area contributed by atoms with E-state index in [1.165, 1.54) is 0 Å². The van der Waals surface area contributed by atoms with E-state index >= 15 is 0 Å². The minimum absolute atomic E-state index is 0.166. The SMILES string of the molecule is C[N+](C)(C)CCOC(=O)SCC(O)CO. The summed E-state index contributed by atoms with van der Waals surface area (Å²) in [5, 5.41) is 17.1. The van der Waals surface area contributed by atoms with Gasteiger partial charge in [0.05, 0.1) is 33.9 Å². The van der Waals surface area contributed by atoms with Gasteiger partial charge in [-0.05, 0) is 11.8 Å². The molecule has 0 rings (SSSR count). The van der Waals surface area contributed by atoms with Gasteiger partial charge in [0.15, 0.2) is 0 Å². The maximum Gasteiger partial charge on any atom is 0.367 e. The fraction of sp³-hybridized carbons (Fsp3) is 0.889. The van der Waals surface area contributed by atoms with Gasteiger partial charge in [-0.3, -0.25) is 0 Å². The van der Waals surface area contributed by atoms with Crippen molar-refractivity contribution in [2.45, 2.75) is 6.10 Å². The highest BCUT2D eigenvalue weighted by atomic mass is 32.2. The molecule has 0 bridgehead atoms. The molecule has 0 spiro atoms. The second-order valence-corrected chi connectivity index (χ2v) is 5.22. The van der Waals surface area contributed by atoms with Gasteiger partial charge >= 0.3 is 5.30 Å². The number of carbonyl (C=O) groups excluding carboxylic acids is 1. The predicted octanol–water partition coefficient (Wildman–Crippen LogP) is -0.0844. The molecule has 0 aromatic rings. The first-order chi connectivity index (χ1) is 6.85. The number of carbonyl (C=O) groups is 1. The first-order valence-electron chi connectivity index (χ1n) is 4.74. The number of thioether (sulfide) groups is 1. The molecule has 5 nitrogen and oxygen atoms in total. The van der Waals surface area contributed by atoms with Crippen molar-refractivity contribution in [1.29, 1.82) is 0 Å². The van der Waals surface area contributed by atoms with Crippen LogP contribution in [0.4, 0.5) is 4.79 Å². The molecule has 0 heterocycles. The maximum atomic E-state index is 11.1. The van der Waals surface area contributed by atoms with Crippen LogP contribution in [0.3, 0.4) is 0 Å². The summed E-state index contributed by atoms with van der Waals surface area (Å²) in [4.78, 5) is 11.1. The molecule has 0 fully saturated rings. The standard InChI is InChI=1S/C9H20NO4S/c1-10(2,3)4-5-14-9(13)15-7-8(12)6-11/h8,11-12H,4-7H2,1-3H3/q+1. The van der Waals surface area contributed by atoms with Crippen molar-refractivity contribution in [3.05, 3.63) is 0 Å². The Morgan fingerprint density at radius 2 is 2.07 bits per heavy atom. The number of aliphatic hydroxyl groups is 2. The van der Waals surface area contributed by atoms with Crippen LogP contribution in [-0.4, -0.2) is 72.8 Å². The Hall–Kier alpha value is -0.300. The van der Waals surface area contributed by atoms with E-state index < -0.39 is 11.4 Å². The fourth-order valence-electron chi connectivity index (χ4n) is 0.661. The highest BCUT2D eigenvalue weighted by molar-refractivity contribution is 8.13. The van der Waals surface area contributed by atoms with Crippen molar-refractivity contribution < 1.29 is 24.2 Å². The Morgan fingerprint density at radius 3 is 2.53 bits per heavy atom. The van der Waals surface area contributed by atoms with Crippen molar-refractivity contribution in [1.82, 2.24) is 0 Å².